The summed E-state index contributed by atoms with van der Waals surface area (Å²) in [5, 5.41) is 8.31. The highest BCUT2D eigenvalue weighted by atomic mass is 16.1. The number of anilines is 1. The molecule has 2 heterocycles. The first-order valence-electron chi connectivity index (χ1n) is 6.07. The number of nitrogens with one attached hydrogen (secondary N) is 1. The number of carbonyl (C=O) groups is 1. The fourth-order valence-electron chi connectivity index (χ4n) is 1.89. The van der Waals surface area contributed by atoms with Crippen LogP contribution in [-0.4, -0.2) is 27.2 Å². The lowest BCUT2D eigenvalue weighted by molar-refractivity contribution is 0.100. The second kappa shape index (κ2) is 5.03. The van der Waals surface area contributed by atoms with Gasteiger partial charge < -0.3 is 11.1 Å². The number of nitrogens with zero attached hydrogens (tertiary/aromatic N) is 3. The lowest BCUT2D eigenvalue weighted by atomic mass is 10.1. The number of nitrogens with two attached hydrogens (primary N) is 1. The molecule has 2 aromatic rings. The molecule has 0 aliphatic heterocycles. The predicted molar refractivity (Wildman–Crippen MR) is 70.5 cm³/mol. The molecule has 0 radical (unpaired) electrons. The minimum atomic E-state index is -0.479. The van der Waals surface area contributed by atoms with Gasteiger partial charge in [-0.3, -0.25) is 4.79 Å². The van der Waals surface area contributed by atoms with E-state index in [4.69, 9.17) is 5.73 Å². The lowest BCUT2D eigenvalue weighted by Crippen LogP contribution is -2.15. The van der Waals surface area contributed by atoms with Gasteiger partial charge in [-0.05, 0) is 13.3 Å². The third-order valence-corrected chi connectivity index (χ3v) is 2.78. The van der Waals surface area contributed by atoms with Gasteiger partial charge in [0, 0.05) is 19.3 Å². The second-order valence-corrected chi connectivity index (χ2v) is 4.04. The molecule has 0 saturated carbocycles. The summed E-state index contributed by atoms with van der Waals surface area (Å²) in [5.41, 5.74) is 7.27. The van der Waals surface area contributed by atoms with Crippen LogP contribution in [0.15, 0.2) is 12.4 Å². The van der Waals surface area contributed by atoms with E-state index in [1.54, 1.807) is 10.9 Å². The normalized spacial score (nSPS) is 10.8. The molecule has 6 nitrogen and oxygen atoms in total. The van der Waals surface area contributed by atoms with Gasteiger partial charge in [-0.15, -0.1) is 0 Å². The van der Waals surface area contributed by atoms with E-state index < -0.39 is 5.91 Å². The minimum Gasteiger partial charge on any atom is -0.384 e. The Morgan fingerprint density at radius 1 is 1.44 bits per heavy atom. The molecule has 0 aliphatic carbocycles. The van der Waals surface area contributed by atoms with Crippen molar-refractivity contribution in [2.45, 2.75) is 26.8 Å². The van der Waals surface area contributed by atoms with Crippen LogP contribution < -0.4 is 11.1 Å². The quantitative estimate of drug-likeness (QED) is 0.835. The van der Waals surface area contributed by atoms with Crippen LogP contribution in [-0.2, 0) is 6.54 Å². The summed E-state index contributed by atoms with van der Waals surface area (Å²) < 4.78 is 1.79. The molecule has 2 aromatic heterocycles. The molecular weight excluding hydrogens is 230 g/mol. The number of aryl methyl sites for hydroxylation is 1. The van der Waals surface area contributed by atoms with Gasteiger partial charge in [-0.2, -0.15) is 5.10 Å². The van der Waals surface area contributed by atoms with Crippen molar-refractivity contribution in [2.75, 3.05) is 11.9 Å². The Bertz CT molecular complexity index is 575. The third-order valence-electron chi connectivity index (χ3n) is 2.78. The van der Waals surface area contributed by atoms with Crippen molar-refractivity contribution < 1.29 is 4.79 Å². The lowest BCUT2D eigenvalue weighted by Gasteiger charge is -2.10. The maximum absolute atomic E-state index is 11.4. The Kier molecular flexibility index (Phi) is 3.45. The van der Waals surface area contributed by atoms with Crippen LogP contribution in [0.5, 0.6) is 0 Å². The number of pyridine rings is 1. The average Bonchev–Trinajstić information content (AvgIpc) is 2.78. The molecule has 0 unspecified atom stereocenters. The SMILES string of the molecule is CCCNc1c(C(N)=O)cnc2c1cnn2CC. The Morgan fingerprint density at radius 3 is 2.83 bits per heavy atom. The minimum absolute atomic E-state index is 0.409. The molecular formula is C12H17N5O. The van der Waals surface area contributed by atoms with Gasteiger partial charge in [0.25, 0.3) is 5.91 Å². The van der Waals surface area contributed by atoms with Crippen LogP contribution in [0.25, 0.3) is 11.0 Å². The summed E-state index contributed by atoms with van der Waals surface area (Å²) in [4.78, 5) is 15.7. The predicted octanol–water partition coefficient (Wildman–Crippen LogP) is 1.37. The first-order chi connectivity index (χ1) is 8.69. The number of carbonyl (C=O) groups excluding carboxylic acids is 1. The number of primary amides is 1. The number of rotatable bonds is 5. The molecule has 0 atom stereocenters. The van der Waals surface area contributed by atoms with E-state index in [1.807, 2.05) is 6.92 Å². The van der Waals surface area contributed by atoms with Crippen molar-refractivity contribution in [1.29, 1.82) is 0 Å². The van der Waals surface area contributed by atoms with Crippen molar-refractivity contribution >= 4 is 22.6 Å². The average molecular weight is 247 g/mol. The van der Waals surface area contributed by atoms with Gasteiger partial charge in [0.05, 0.1) is 22.8 Å². The Hall–Kier alpha value is -2.11. The molecule has 0 spiro atoms. The second-order valence-electron chi connectivity index (χ2n) is 4.04. The topological polar surface area (TPSA) is 85.8 Å². The molecule has 3 N–H and O–H groups in total. The zero-order chi connectivity index (χ0) is 13.1. The summed E-state index contributed by atoms with van der Waals surface area (Å²) in [7, 11) is 0. The smallest absolute Gasteiger partial charge is 0.252 e. The first-order valence-corrected chi connectivity index (χ1v) is 6.07. The molecule has 1 amide bonds. The van der Waals surface area contributed by atoms with Crippen LogP contribution in [0.4, 0.5) is 5.69 Å². The Balaban J connectivity index is 2.61. The molecule has 0 aliphatic rings. The summed E-state index contributed by atoms with van der Waals surface area (Å²) in [5.74, 6) is -0.479. The maximum atomic E-state index is 11.4. The zero-order valence-corrected chi connectivity index (χ0v) is 10.6. The number of hydrogen-bond donors (Lipinski definition) is 2. The highest BCUT2D eigenvalue weighted by molar-refractivity contribution is 6.05. The third kappa shape index (κ3) is 2.01. The fraction of sp³-hybridized carbons (Fsp3) is 0.417. The van der Waals surface area contributed by atoms with E-state index in [0.29, 0.717) is 5.56 Å². The largest absolute Gasteiger partial charge is 0.384 e. The van der Waals surface area contributed by atoms with Gasteiger partial charge >= 0.3 is 0 Å². The Morgan fingerprint density at radius 2 is 2.22 bits per heavy atom. The number of hydrogen-bond acceptors (Lipinski definition) is 4. The van der Waals surface area contributed by atoms with Gasteiger partial charge in [0.1, 0.15) is 0 Å². The number of fused-ring (bicyclic) bond motifs is 1. The van der Waals surface area contributed by atoms with Crippen molar-refractivity contribution in [3.63, 3.8) is 0 Å². The summed E-state index contributed by atoms with van der Waals surface area (Å²) in [6.45, 7) is 5.57. The monoisotopic (exact) mass is 247 g/mol. The fourth-order valence-corrected chi connectivity index (χ4v) is 1.89. The van der Waals surface area contributed by atoms with Crippen LogP contribution in [0.1, 0.15) is 30.6 Å². The molecule has 0 fully saturated rings. The van der Waals surface area contributed by atoms with E-state index in [1.165, 1.54) is 6.20 Å². The van der Waals surface area contributed by atoms with E-state index in [9.17, 15) is 4.79 Å². The van der Waals surface area contributed by atoms with Gasteiger partial charge in [-0.1, -0.05) is 6.92 Å². The van der Waals surface area contributed by atoms with Crippen LogP contribution in [0.2, 0.25) is 0 Å². The Labute approximate surface area is 105 Å². The van der Waals surface area contributed by atoms with Gasteiger partial charge in [-0.25, -0.2) is 9.67 Å². The van der Waals surface area contributed by atoms with Crippen molar-refractivity contribution in [1.82, 2.24) is 14.8 Å². The van der Waals surface area contributed by atoms with E-state index in [-0.39, 0.29) is 0 Å². The van der Waals surface area contributed by atoms with Gasteiger partial charge in [0.15, 0.2) is 5.65 Å². The van der Waals surface area contributed by atoms with E-state index >= 15 is 0 Å². The first kappa shape index (κ1) is 12.3. The number of amides is 1. The summed E-state index contributed by atoms with van der Waals surface area (Å²) in [6, 6.07) is 0. The van der Waals surface area contributed by atoms with Crippen molar-refractivity contribution in [2.24, 2.45) is 5.73 Å². The zero-order valence-electron chi connectivity index (χ0n) is 10.6. The highest BCUT2D eigenvalue weighted by Gasteiger charge is 2.15. The molecule has 2 rings (SSSR count). The molecule has 0 bridgehead atoms. The van der Waals surface area contributed by atoms with Crippen molar-refractivity contribution in [3.05, 3.63) is 18.0 Å². The standard InChI is InChI=1S/C12H17N5O/c1-3-5-14-10-8(11(13)18)6-15-12-9(10)7-16-17(12)4-2/h6-7H,3-5H2,1-2H3,(H2,13,18)(H,14,15). The van der Waals surface area contributed by atoms with E-state index in [2.05, 4.69) is 22.3 Å². The number of aromatic nitrogens is 3. The maximum Gasteiger partial charge on any atom is 0.252 e. The molecule has 0 saturated heterocycles. The summed E-state index contributed by atoms with van der Waals surface area (Å²) in [6.07, 6.45) is 4.19. The van der Waals surface area contributed by atoms with E-state index in [0.717, 1.165) is 36.2 Å². The molecule has 96 valence electrons. The van der Waals surface area contributed by atoms with Gasteiger partial charge in [0.2, 0.25) is 0 Å². The summed E-state index contributed by atoms with van der Waals surface area (Å²) >= 11 is 0. The van der Waals surface area contributed by atoms with Crippen LogP contribution >= 0.6 is 0 Å². The van der Waals surface area contributed by atoms with Crippen molar-refractivity contribution in [3.8, 4) is 0 Å². The van der Waals surface area contributed by atoms with Crippen LogP contribution in [0.3, 0.4) is 0 Å². The molecule has 6 heteroatoms. The molecule has 18 heavy (non-hydrogen) atoms. The highest BCUT2D eigenvalue weighted by Crippen LogP contribution is 2.25. The van der Waals surface area contributed by atoms with Crippen LogP contribution in [0, 0.1) is 0 Å². The molecule has 0 aromatic carbocycles.